The molecule has 2 nitrogen and oxygen atoms in total. The summed E-state index contributed by atoms with van der Waals surface area (Å²) < 4.78 is 0. The Bertz CT molecular complexity index is 147. The molecule has 2 bridgehead atoms. The molecule has 1 aliphatic carbocycles. The van der Waals surface area contributed by atoms with Crippen LogP contribution in [0.3, 0.4) is 0 Å². The SMILES string of the molecule is CN1CC2CCC1CC(O)C2.[CH3-]. The summed E-state index contributed by atoms with van der Waals surface area (Å²) in [5, 5.41) is 9.56. The highest BCUT2D eigenvalue weighted by molar-refractivity contribution is 4.87. The zero-order valence-corrected chi connectivity index (χ0v) is 8.16. The topological polar surface area (TPSA) is 23.5 Å². The molecule has 3 unspecified atom stereocenters. The summed E-state index contributed by atoms with van der Waals surface area (Å²) in [5.41, 5.74) is 0. The van der Waals surface area contributed by atoms with Crippen LogP contribution >= 0.6 is 0 Å². The molecule has 3 aliphatic rings. The highest BCUT2D eigenvalue weighted by Gasteiger charge is 2.32. The van der Waals surface area contributed by atoms with Crippen molar-refractivity contribution in [3.8, 4) is 0 Å². The van der Waals surface area contributed by atoms with Crippen molar-refractivity contribution in [3.05, 3.63) is 7.43 Å². The number of hydrogen-bond donors (Lipinski definition) is 1. The van der Waals surface area contributed by atoms with Crippen molar-refractivity contribution in [1.29, 1.82) is 0 Å². The molecule has 2 heteroatoms. The molecular weight excluding hydrogens is 150 g/mol. The molecule has 0 amide bonds. The normalized spacial score (nSPS) is 42.0. The number of nitrogens with zero attached hydrogens (tertiary/aromatic N) is 1. The first kappa shape index (κ1) is 10.0. The second-order valence-electron chi connectivity index (χ2n) is 4.16. The predicted octanol–water partition coefficient (Wildman–Crippen LogP) is 1.30. The van der Waals surface area contributed by atoms with E-state index in [0.29, 0.717) is 6.04 Å². The van der Waals surface area contributed by atoms with Gasteiger partial charge in [-0.25, -0.2) is 0 Å². The Kier molecular flexibility index (Phi) is 3.13. The van der Waals surface area contributed by atoms with Gasteiger partial charge in [-0.1, -0.05) is 0 Å². The third-order valence-corrected chi connectivity index (χ3v) is 3.23. The number of piperidine rings is 1. The van der Waals surface area contributed by atoms with Crippen molar-refractivity contribution in [2.75, 3.05) is 13.6 Å². The van der Waals surface area contributed by atoms with Gasteiger partial charge >= 0.3 is 0 Å². The molecule has 3 fully saturated rings. The van der Waals surface area contributed by atoms with E-state index in [2.05, 4.69) is 11.9 Å². The van der Waals surface area contributed by atoms with Gasteiger partial charge < -0.3 is 17.4 Å². The monoisotopic (exact) mass is 170 g/mol. The van der Waals surface area contributed by atoms with Gasteiger partial charge in [0.05, 0.1) is 6.10 Å². The Hall–Kier alpha value is -0.0800. The molecule has 0 aromatic carbocycles. The van der Waals surface area contributed by atoms with Gasteiger partial charge in [0, 0.05) is 12.6 Å². The maximum absolute atomic E-state index is 9.56. The molecule has 12 heavy (non-hydrogen) atoms. The van der Waals surface area contributed by atoms with E-state index >= 15 is 0 Å². The van der Waals surface area contributed by atoms with Gasteiger partial charge in [0.25, 0.3) is 0 Å². The van der Waals surface area contributed by atoms with E-state index in [9.17, 15) is 5.11 Å². The van der Waals surface area contributed by atoms with Gasteiger partial charge in [-0.05, 0) is 38.6 Å². The van der Waals surface area contributed by atoms with Crippen LogP contribution in [0.25, 0.3) is 0 Å². The molecular formula is C10H20NO-. The van der Waals surface area contributed by atoms with Crippen LogP contribution in [0.15, 0.2) is 0 Å². The van der Waals surface area contributed by atoms with E-state index in [4.69, 9.17) is 0 Å². The van der Waals surface area contributed by atoms with Crippen LogP contribution in [-0.4, -0.2) is 35.7 Å². The van der Waals surface area contributed by atoms with Crippen molar-refractivity contribution in [1.82, 2.24) is 4.90 Å². The van der Waals surface area contributed by atoms with Crippen LogP contribution < -0.4 is 0 Å². The summed E-state index contributed by atoms with van der Waals surface area (Å²) in [6.45, 7) is 1.21. The zero-order valence-electron chi connectivity index (χ0n) is 8.16. The lowest BCUT2D eigenvalue weighted by Gasteiger charge is -2.33. The summed E-state index contributed by atoms with van der Waals surface area (Å²) in [5.74, 6) is 0.772. The number of hydrogen-bond acceptors (Lipinski definition) is 2. The van der Waals surface area contributed by atoms with Gasteiger partial charge in [0.2, 0.25) is 0 Å². The van der Waals surface area contributed by atoms with E-state index in [1.54, 1.807) is 0 Å². The lowest BCUT2D eigenvalue weighted by molar-refractivity contribution is 0.136. The average molecular weight is 170 g/mol. The fraction of sp³-hybridized carbons (Fsp3) is 0.900. The lowest BCUT2D eigenvalue weighted by atomic mass is 9.95. The summed E-state index contributed by atoms with van der Waals surface area (Å²) >= 11 is 0. The smallest absolute Gasteiger partial charge is 0.0558 e. The van der Waals surface area contributed by atoms with Gasteiger partial charge in [0.15, 0.2) is 0 Å². The van der Waals surface area contributed by atoms with E-state index in [-0.39, 0.29) is 13.5 Å². The fourth-order valence-corrected chi connectivity index (χ4v) is 2.58. The maximum atomic E-state index is 9.56. The minimum atomic E-state index is -0.0163. The first-order chi connectivity index (χ1) is 5.25. The number of rotatable bonds is 0. The van der Waals surface area contributed by atoms with Crippen LogP contribution in [0.2, 0.25) is 0 Å². The molecule has 1 saturated carbocycles. The molecule has 3 rings (SSSR count). The van der Waals surface area contributed by atoms with Crippen LogP contribution in [0.4, 0.5) is 0 Å². The van der Waals surface area contributed by atoms with Crippen molar-refractivity contribution in [2.24, 2.45) is 5.92 Å². The minimum Gasteiger partial charge on any atom is -0.393 e. The molecule has 0 aromatic rings. The Labute approximate surface area is 75.6 Å². The van der Waals surface area contributed by atoms with Crippen molar-refractivity contribution in [3.63, 3.8) is 0 Å². The fourth-order valence-electron chi connectivity index (χ4n) is 2.58. The first-order valence-corrected chi connectivity index (χ1v) is 4.64. The molecule has 2 aliphatic heterocycles. The molecule has 1 N–H and O–H groups in total. The highest BCUT2D eigenvalue weighted by atomic mass is 16.3. The predicted molar refractivity (Wildman–Crippen MR) is 50.8 cm³/mol. The Morgan fingerprint density at radius 3 is 2.67 bits per heavy atom. The maximum Gasteiger partial charge on any atom is 0.0558 e. The lowest BCUT2D eigenvalue weighted by Crippen LogP contribution is -2.38. The second-order valence-corrected chi connectivity index (χ2v) is 4.16. The Balaban J connectivity index is 0.000000720. The highest BCUT2D eigenvalue weighted by Crippen LogP contribution is 2.32. The van der Waals surface area contributed by atoms with E-state index in [1.807, 2.05) is 0 Å². The average Bonchev–Trinajstić information content (AvgIpc) is 2.16. The van der Waals surface area contributed by atoms with Gasteiger partial charge in [-0.3, -0.25) is 0 Å². The molecule has 0 radical (unpaired) electrons. The molecule has 0 spiro atoms. The number of aliphatic hydroxyl groups excluding tert-OH is 1. The van der Waals surface area contributed by atoms with Gasteiger partial charge in [-0.15, -0.1) is 0 Å². The van der Waals surface area contributed by atoms with E-state index < -0.39 is 0 Å². The Morgan fingerprint density at radius 2 is 2.00 bits per heavy atom. The van der Waals surface area contributed by atoms with Crippen LogP contribution in [0.5, 0.6) is 0 Å². The molecule has 3 atom stereocenters. The van der Waals surface area contributed by atoms with E-state index in [1.165, 1.54) is 19.4 Å². The quantitative estimate of drug-likeness (QED) is 0.554. The molecule has 2 saturated heterocycles. The molecule has 72 valence electrons. The third-order valence-electron chi connectivity index (χ3n) is 3.23. The Morgan fingerprint density at radius 1 is 1.25 bits per heavy atom. The van der Waals surface area contributed by atoms with Crippen molar-refractivity contribution in [2.45, 2.75) is 37.8 Å². The standard InChI is InChI=1S/C9H17NO.CH3/c1-10-6-7-2-3-8(10)5-9(11)4-7;/h7-9,11H,2-6H2,1H3;1H3/q;-1. The molecule has 2 heterocycles. The van der Waals surface area contributed by atoms with Crippen LogP contribution in [0.1, 0.15) is 25.7 Å². The summed E-state index contributed by atoms with van der Waals surface area (Å²) in [6.07, 6.45) is 4.68. The summed E-state index contributed by atoms with van der Waals surface area (Å²) in [4.78, 5) is 2.42. The number of aliphatic hydroxyl groups is 1. The van der Waals surface area contributed by atoms with Crippen molar-refractivity contribution < 1.29 is 5.11 Å². The van der Waals surface area contributed by atoms with Gasteiger partial charge in [0.1, 0.15) is 0 Å². The third kappa shape index (κ3) is 1.80. The van der Waals surface area contributed by atoms with Gasteiger partial charge in [-0.2, -0.15) is 0 Å². The number of fused-ring (bicyclic) bond motifs is 4. The minimum absolute atomic E-state index is 0. The van der Waals surface area contributed by atoms with E-state index in [0.717, 1.165) is 18.8 Å². The summed E-state index contributed by atoms with van der Waals surface area (Å²) in [6, 6.07) is 0.670. The zero-order chi connectivity index (χ0) is 7.84. The second kappa shape index (κ2) is 3.75. The molecule has 0 aromatic heterocycles. The first-order valence-electron chi connectivity index (χ1n) is 4.64. The largest absolute Gasteiger partial charge is 0.393 e. The summed E-state index contributed by atoms with van der Waals surface area (Å²) in [7, 11) is 2.19. The van der Waals surface area contributed by atoms with Crippen LogP contribution in [-0.2, 0) is 0 Å². The van der Waals surface area contributed by atoms with Crippen molar-refractivity contribution >= 4 is 0 Å². The van der Waals surface area contributed by atoms with Crippen LogP contribution in [0, 0.1) is 13.3 Å².